The van der Waals surface area contributed by atoms with E-state index in [4.69, 9.17) is 0 Å². The Hall–Kier alpha value is -1.43. The van der Waals surface area contributed by atoms with Gasteiger partial charge in [0.1, 0.15) is 0 Å². The lowest BCUT2D eigenvalue weighted by Crippen LogP contribution is -2.45. The largest absolute Gasteiger partial charge is 0.394 e. The maximum atomic E-state index is 12.4. The molecule has 312 valence electrons. The van der Waals surface area contributed by atoms with Crippen molar-refractivity contribution in [2.24, 2.45) is 0 Å². The molecule has 0 aliphatic rings. The van der Waals surface area contributed by atoms with Crippen molar-refractivity contribution in [1.29, 1.82) is 0 Å². The molecule has 0 aromatic carbocycles. The first-order chi connectivity index (χ1) is 26.0. The summed E-state index contributed by atoms with van der Waals surface area (Å²) in [6.45, 7) is 4.13. The van der Waals surface area contributed by atoms with Gasteiger partial charge in [0, 0.05) is 0 Å². The summed E-state index contributed by atoms with van der Waals surface area (Å²) in [6, 6.07) is -0.764. The summed E-state index contributed by atoms with van der Waals surface area (Å²) in [7, 11) is 0. The first kappa shape index (κ1) is 51.6. The predicted octanol–water partition coefficient (Wildman–Crippen LogP) is 13.5. The molecule has 5 nitrogen and oxygen atoms in total. The van der Waals surface area contributed by atoms with Crippen LogP contribution in [0.3, 0.4) is 0 Å². The van der Waals surface area contributed by atoms with E-state index in [0.29, 0.717) is 6.42 Å². The van der Waals surface area contributed by atoms with Crippen LogP contribution in [0, 0.1) is 0 Å². The van der Waals surface area contributed by atoms with Gasteiger partial charge < -0.3 is 20.6 Å². The summed E-state index contributed by atoms with van der Waals surface area (Å²) in [5.74, 6) is -0.329. The standard InChI is InChI=1S/C48H91NO4/c1-3-5-7-9-11-13-15-16-17-18-19-20-21-22-23-24-25-26-27-28-29-30-32-33-35-37-39-41-45(51)43-48(53)49-46(44-50)47(52)42-40-38-36-34-31-14-12-10-8-6-4-2/h8,10,31,34,40,42,45-47,50-52H,3-7,9,11-30,32-33,35-39,41,43-44H2,1-2H3,(H,49,53)/b10-8+,34-31+,42-40+. The third kappa shape index (κ3) is 40.1. The number of aliphatic hydroxyl groups is 3. The molecule has 3 unspecified atom stereocenters. The molecule has 53 heavy (non-hydrogen) atoms. The van der Waals surface area contributed by atoms with Crippen molar-refractivity contribution in [2.45, 2.75) is 257 Å². The zero-order valence-electron chi connectivity index (χ0n) is 35.4. The molecule has 0 fully saturated rings. The number of carbonyl (C=O) groups excluding carboxylic acids is 1. The van der Waals surface area contributed by atoms with Gasteiger partial charge in [0.15, 0.2) is 0 Å². The number of allylic oxidation sites excluding steroid dienone is 5. The molecule has 3 atom stereocenters. The Balaban J connectivity index is 3.54. The van der Waals surface area contributed by atoms with Gasteiger partial charge in [0.25, 0.3) is 0 Å². The number of unbranched alkanes of at least 4 members (excludes halogenated alkanes) is 29. The molecule has 0 aliphatic carbocycles. The number of amides is 1. The van der Waals surface area contributed by atoms with Crippen LogP contribution < -0.4 is 5.32 Å². The van der Waals surface area contributed by atoms with Crippen LogP contribution in [-0.2, 0) is 4.79 Å². The predicted molar refractivity (Wildman–Crippen MR) is 231 cm³/mol. The van der Waals surface area contributed by atoms with Gasteiger partial charge in [-0.1, -0.05) is 230 Å². The van der Waals surface area contributed by atoms with Crippen LogP contribution in [0.1, 0.15) is 239 Å². The minimum Gasteiger partial charge on any atom is -0.394 e. The van der Waals surface area contributed by atoms with E-state index in [1.54, 1.807) is 6.08 Å². The Labute approximate surface area is 330 Å². The zero-order chi connectivity index (χ0) is 38.7. The summed E-state index contributed by atoms with van der Waals surface area (Å²) in [5, 5.41) is 33.1. The zero-order valence-corrected chi connectivity index (χ0v) is 35.4. The van der Waals surface area contributed by atoms with Gasteiger partial charge in [-0.25, -0.2) is 0 Å². The number of nitrogens with one attached hydrogen (secondary N) is 1. The third-order valence-electron chi connectivity index (χ3n) is 10.6. The molecule has 0 radical (unpaired) electrons. The van der Waals surface area contributed by atoms with Crippen molar-refractivity contribution in [3.05, 3.63) is 36.5 Å². The summed E-state index contributed by atoms with van der Waals surface area (Å²) < 4.78 is 0. The maximum Gasteiger partial charge on any atom is 0.222 e. The fourth-order valence-corrected chi connectivity index (χ4v) is 7.09. The van der Waals surface area contributed by atoms with Crippen molar-refractivity contribution in [2.75, 3.05) is 6.61 Å². The maximum absolute atomic E-state index is 12.4. The molecular formula is C48H91NO4. The smallest absolute Gasteiger partial charge is 0.222 e. The van der Waals surface area contributed by atoms with E-state index in [9.17, 15) is 20.1 Å². The Bertz CT molecular complexity index is 824. The normalized spacial score (nSPS) is 13.8. The van der Waals surface area contributed by atoms with Gasteiger partial charge in [-0.15, -0.1) is 0 Å². The second-order valence-corrected chi connectivity index (χ2v) is 16.0. The molecule has 0 spiro atoms. The fraction of sp³-hybridized carbons (Fsp3) is 0.854. The lowest BCUT2D eigenvalue weighted by molar-refractivity contribution is -0.124. The van der Waals surface area contributed by atoms with Crippen LogP contribution >= 0.6 is 0 Å². The van der Waals surface area contributed by atoms with Crippen LogP contribution in [-0.4, -0.2) is 46.1 Å². The summed E-state index contributed by atoms with van der Waals surface area (Å²) in [6.07, 6.45) is 54.6. The van der Waals surface area contributed by atoms with Gasteiger partial charge in [-0.05, 0) is 38.5 Å². The van der Waals surface area contributed by atoms with Crippen LogP contribution in [0.5, 0.6) is 0 Å². The lowest BCUT2D eigenvalue weighted by atomic mass is 10.0. The third-order valence-corrected chi connectivity index (χ3v) is 10.6. The van der Waals surface area contributed by atoms with E-state index in [1.807, 2.05) is 6.08 Å². The van der Waals surface area contributed by atoms with Gasteiger partial charge in [-0.2, -0.15) is 0 Å². The Morgan fingerprint density at radius 1 is 0.472 bits per heavy atom. The Kier molecular flexibility index (Phi) is 42.1. The molecule has 0 heterocycles. The highest BCUT2D eigenvalue weighted by Crippen LogP contribution is 2.17. The van der Waals surface area contributed by atoms with E-state index in [1.165, 1.54) is 167 Å². The van der Waals surface area contributed by atoms with E-state index < -0.39 is 18.2 Å². The molecule has 0 rings (SSSR count). The molecule has 0 aromatic heterocycles. The second-order valence-electron chi connectivity index (χ2n) is 16.0. The summed E-state index contributed by atoms with van der Waals surface area (Å²) in [4.78, 5) is 12.4. The highest BCUT2D eigenvalue weighted by atomic mass is 16.3. The molecule has 0 aliphatic heterocycles. The monoisotopic (exact) mass is 746 g/mol. The number of hydrogen-bond donors (Lipinski definition) is 4. The number of rotatable bonds is 42. The van der Waals surface area contributed by atoms with E-state index in [2.05, 4.69) is 43.5 Å². The minimum absolute atomic E-state index is 0.00480. The molecule has 0 saturated carbocycles. The molecule has 0 bridgehead atoms. The highest BCUT2D eigenvalue weighted by Gasteiger charge is 2.20. The first-order valence-corrected chi connectivity index (χ1v) is 23.3. The van der Waals surface area contributed by atoms with Gasteiger partial charge in [-0.3, -0.25) is 4.79 Å². The molecule has 0 saturated heterocycles. The van der Waals surface area contributed by atoms with Crippen LogP contribution in [0.4, 0.5) is 0 Å². The molecule has 0 aromatic rings. The SMILES string of the molecule is CCC/C=C/CC/C=C/CC/C=C/C(O)C(CO)NC(=O)CC(O)CCCCCCCCCCCCCCCCCCCCCCCCCCCCC. The van der Waals surface area contributed by atoms with E-state index in [-0.39, 0.29) is 18.9 Å². The highest BCUT2D eigenvalue weighted by molar-refractivity contribution is 5.76. The molecule has 4 N–H and O–H groups in total. The Morgan fingerprint density at radius 2 is 0.811 bits per heavy atom. The van der Waals surface area contributed by atoms with Crippen molar-refractivity contribution in [3.8, 4) is 0 Å². The molecular weight excluding hydrogens is 655 g/mol. The van der Waals surface area contributed by atoms with Gasteiger partial charge >= 0.3 is 0 Å². The van der Waals surface area contributed by atoms with Crippen LogP contribution in [0.2, 0.25) is 0 Å². The van der Waals surface area contributed by atoms with Crippen molar-refractivity contribution in [1.82, 2.24) is 5.32 Å². The van der Waals surface area contributed by atoms with E-state index in [0.717, 1.165) is 44.9 Å². The van der Waals surface area contributed by atoms with Crippen molar-refractivity contribution < 1.29 is 20.1 Å². The molecule has 1 amide bonds. The average Bonchev–Trinajstić information content (AvgIpc) is 3.15. The minimum atomic E-state index is -0.956. The van der Waals surface area contributed by atoms with Crippen LogP contribution in [0.15, 0.2) is 36.5 Å². The number of hydrogen-bond acceptors (Lipinski definition) is 4. The fourth-order valence-electron chi connectivity index (χ4n) is 7.09. The average molecular weight is 746 g/mol. The summed E-state index contributed by atoms with van der Waals surface area (Å²) in [5.41, 5.74) is 0. The number of carbonyl (C=O) groups is 1. The topological polar surface area (TPSA) is 89.8 Å². The van der Waals surface area contributed by atoms with Crippen LogP contribution in [0.25, 0.3) is 0 Å². The first-order valence-electron chi connectivity index (χ1n) is 23.3. The van der Waals surface area contributed by atoms with Gasteiger partial charge in [0.05, 0.1) is 31.3 Å². The van der Waals surface area contributed by atoms with E-state index >= 15 is 0 Å². The molecule has 5 heteroatoms. The Morgan fingerprint density at radius 3 is 1.17 bits per heavy atom. The van der Waals surface area contributed by atoms with Crippen molar-refractivity contribution >= 4 is 5.91 Å². The second kappa shape index (κ2) is 43.3. The quantitative estimate of drug-likeness (QED) is 0.0370. The lowest BCUT2D eigenvalue weighted by Gasteiger charge is -2.21. The summed E-state index contributed by atoms with van der Waals surface area (Å²) >= 11 is 0. The van der Waals surface area contributed by atoms with Gasteiger partial charge in [0.2, 0.25) is 5.91 Å². The van der Waals surface area contributed by atoms with Crippen molar-refractivity contribution in [3.63, 3.8) is 0 Å². The number of aliphatic hydroxyl groups excluding tert-OH is 3.